The van der Waals surface area contributed by atoms with E-state index in [4.69, 9.17) is 4.74 Å². The molecule has 0 fully saturated rings. The van der Waals surface area contributed by atoms with Crippen LogP contribution in [-0.4, -0.2) is 42.8 Å². The summed E-state index contributed by atoms with van der Waals surface area (Å²) in [7, 11) is 1.24. The highest BCUT2D eigenvalue weighted by Gasteiger charge is 2.27. The van der Waals surface area contributed by atoms with Gasteiger partial charge in [-0.3, -0.25) is 4.79 Å². The average molecular weight is 350 g/mol. The van der Waals surface area contributed by atoms with Crippen molar-refractivity contribution in [3.05, 3.63) is 35.9 Å². The molecule has 7 nitrogen and oxygen atoms in total. The van der Waals surface area contributed by atoms with Crippen LogP contribution in [0.2, 0.25) is 0 Å². The molecule has 0 heterocycles. The summed E-state index contributed by atoms with van der Waals surface area (Å²) in [5.41, 5.74) is 0.182. The summed E-state index contributed by atoms with van der Waals surface area (Å²) in [4.78, 5) is 36.0. The van der Waals surface area contributed by atoms with Gasteiger partial charge in [-0.15, -0.1) is 0 Å². The molecule has 0 aromatic heterocycles. The molecule has 2 atom stereocenters. The van der Waals surface area contributed by atoms with Gasteiger partial charge in [0, 0.05) is 6.42 Å². The van der Waals surface area contributed by atoms with Gasteiger partial charge >= 0.3 is 12.1 Å². The van der Waals surface area contributed by atoms with Crippen LogP contribution in [-0.2, 0) is 25.5 Å². The lowest BCUT2D eigenvalue weighted by molar-refractivity contribution is -0.144. The molecule has 2 amide bonds. The topological polar surface area (TPSA) is 93.7 Å². The molecule has 0 aliphatic rings. The Kier molecular flexibility index (Phi) is 7.42. The van der Waals surface area contributed by atoms with E-state index in [1.54, 1.807) is 20.8 Å². The van der Waals surface area contributed by atoms with Crippen molar-refractivity contribution in [2.24, 2.45) is 0 Å². The van der Waals surface area contributed by atoms with E-state index >= 15 is 0 Å². The molecule has 0 aliphatic carbocycles. The first-order valence-corrected chi connectivity index (χ1v) is 8.04. The van der Waals surface area contributed by atoms with Crippen molar-refractivity contribution < 1.29 is 23.9 Å². The van der Waals surface area contributed by atoms with Gasteiger partial charge in [-0.25, -0.2) is 9.59 Å². The zero-order valence-electron chi connectivity index (χ0n) is 15.3. The van der Waals surface area contributed by atoms with Crippen molar-refractivity contribution >= 4 is 18.0 Å². The Labute approximate surface area is 148 Å². The SMILES string of the molecule is COC(=O)[C@H](C)NC(=O)[C@@H](Cc1ccccc1)NC(=O)OC(C)(C)C. The first-order chi connectivity index (χ1) is 11.6. The van der Waals surface area contributed by atoms with Crippen LogP contribution in [0.5, 0.6) is 0 Å². The van der Waals surface area contributed by atoms with Gasteiger partial charge < -0.3 is 20.1 Å². The Morgan fingerprint density at radius 3 is 2.20 bits per heavy atom. The van der Waals surface area contributed by atoms with Crippen LogP contribution < -0.4 is 10.6 Å². The van der Waals surface area contributed by atoms with Crippen LogP contribution in [0, 0.1) is 0 Å². The average Bonchev–Trinajstić information content (AvgIpc) is 2.52. The smallest absolute Gasteiger partial charge is 0.408 e. The standard InChI is InChI=1S/C18H26N2O5/c1-12(16(22)24-5)19-15(21)14(11-13-9-7-6-8-10-13)20-17(23)25-18(2,3)4/h6-10,12,14H,11H2,1-5H3,(H,19,21)(H,20,23)/t12-,14+/m0/s1. The highest BCUT2D eigenvalue weighted by atomic mass is 16.6. The van der Waals surface area contributed by atoms with Gasteiger partial charge in [0.1, 0.15) is 17.7 Å². The summed E-state index contributed by atoms with van der Waals surface area (Å²) < 4.78 is 9.80. The molecule has 2 N–H and O–H groups in total. The zero-order valence-corrected chi connectivity index (χ0v) is 15.3. The van der Waals surface area contributed by atoms with Crippen molar-refractivity contribution in [3.8, 4) is 0 Å². The number of carbonyl (C=O) groups excluding carboxylic acids is 3. The highest BCUT2D eigenvalue weighted by Crippen LogP contribution is 2.09. The number of nitrogens with one attached hydrogen (secondary N) is 2. The fourth-order valence-electron chi connectivity index (χ4n) is 2.06. The number of carbonyl (C=O) groups is 3. The molecule has 0 aliphatic heterocycles. The minimum absolute atomic E-state index is 0.264. The monoisotopic (exact) mass is 350 g/mol. The molecular formula is C18H26N2O5. The van der Waals surface area contributed by atoms with Crippen molar-refractivity contribution in [2.45, 2.75) is 51.8 Å². The third-order valence-corrected chi connectivity index (χ3v) is 3.20. The van der Waals surface area contributed by atoms with E-state index in [9.17, 15) is 14.4 Å². The maximum Gasteiger partial charge on any atom is 0.408 e. The van der Waals surface area contributed by atoms with Gasteiger partial charge in [0.05, 0.1) is 7.11 Å². The van der Waals surface area contributed by atoms with Crippen molar-refractivity contribution in [1.82, 2.24) is 10.6 Å². The first-order valence-electron chi connectivity index (χ1n) is 8.04. The van der Waals surface area contributed by atoms with Crippen LogP contribution in [0.25, 0.3) is 0 Å². The molecule has 1 rings (SSSR count). The normalized spacial score (nSPS) is 13.3. The Morgan fingerprint density at radius 1 is 1.08 bits per heavy atom. The van der Waals surface area contributed by atoms with E-state index in [-0.39, 0.29) is 6.42 Å². The molecular weight excluding hydrogens is 324 g/mol. The Morgan fingerprint density at radius 2 is 1.68 bits per heavy atom. The number of alkyl carbamates (subject to hydrolysis) is 1. The van der Waals surface area contributed by atoms with Crippen molar-refractivity contribution in [1.29, 1.82) is 0 Å². The molecule has 25 heavy (non-hydrogen) atoms. The van der Waals surface area contributed by atoms with Crippen LogP contribution in [0.15, 0.2) is 30.3 Å². The second-order valence-electron chi connectivity index (χ2n) is 6.64. The van der Waals surface area contributed by atoms with Gasteiger partial charge in [-0.1, -0.05) is 30.3 Å². The van der Waals surface area contributed by atoms with Crippen molar-refractivity contribution in [2.75, 3.05) is 7.11 Å². The number of esters is 1. The molecule has 1 aromatic carbocycles. The zero-order chi connectivity index (χ0) is 19.0. The Bertz CT molecular complexity index is 595. The second kappa shape index (κ2) is 9.05. The van der Waals surface area contributed by atoms with E-state index in [0.29, 0.717) is 0 Å². The van der Waals surface area contributed by atoms with Crippen molar-refractivity contribution in [3.63, 3.8) is 0 Å². The van der Waals surface area contributed by atoms with Gasteiger partial charge in [0.15, 0.2) is 0 Å². The van der Waals surface area contributed by atoms with Gasteiger partial charge in [-0.2, -0.15) is 0 Å². The van der Waals surface area contributed by atoms with E-state index in [2.05, 4.69) is 15.4 Å². The van der Waals surface area contributed by atoms with Crippen LogP contribution >= 0.6 is 0 Å². The van der Waals surface area contributed by atoms with E-state index in [1.807, 2.05) is 30.3 Å². The molecule has 1 aromatic rings. The maximum absolute atomic E-state index is 12.5. The Balaban J connectivity index is 2.84. The fourth-order valence-corrected chi connectivity index (χ4v) is 2.06. The van der Waals surface area contributed by atoms with Crippen LogP contribution in [0.1, 0.15) is 33.3 Å². The molecule has 0 bridgehead atoms. The second-order valence-corrected chi connectivity index (χ2v) is 6.64. The molecule has 7 heteroatoms. The lowest BCUT2D eigenvalue weighted by atomic mass is 10.1. The highest BCUT2D eigenvalue weighted by molar-refractivity contribution is 5.89. The molecule has 0 spiro atoms. The number of ether oxygens (including phenoxy) is 2. The summed E-state index contributed by atoms with van der Waals surface area (Å²) in [5.74, 6) is -1.06. The number of benzene rings is 1. The lowest BCUT2D eigenvalue weighted by Gasteiger charge is -2.24. The summed E-state index contributed by atoms with van der Waals surface area (Å²) >= 11 is 0. The lowest BCUT2D eigenvalue weighted by Crippen LogP contribution is -2.52. The third kappa shape index (κ3) is 7.69. The fraction of sp³-hybridized carbons (Fsp3) is 0.500. The molecule has 0 radical (unpaired) electrons. The molecule has 0 saturated carbocycles. The van der Waals surface area contributed by atoms with E-state index in [0.717, 1.165) is 5.56 Å². The summed E-state index contributed by atoms with van der Waals surface area (Å²) in [5, 5.41) is 5.09. The predicted molar refractivity (Wildman–Crippen MR) is 92.9 cm³/mol. The number of rotatable bonds is 6. The van der Waals surface area contributed by atoms with E-state index in [1.165, 1.54) is 14.0 Å². The summed E-state index contributed by atoms with van der Waals surface area (Å²) in [6.45, 7) is 6.71. The molecule has 138 valence electrons. The first kappa shape index (κ1) is 20.5. The van der Waals surface area contributed by atoms with Gasteiger partial charge in [0.2, 0.25) is 5.91 Å². The van der Waals surface area contributed by atoms with Crippen LogP contribution in [0.4, 0.5) is 4.79 Å². The third-order valence-electron chi connectivity index (χ3n) is 3.20. The predicted octanol–water partition coefficient (Wildman–Crippen LogP) is 1.80. The number of amides is 2. The number of hydrogen-bond acceptors (Lipinski definition) is 5. The number of methoxy groups -OCH3 is 1. The maximum atomic E-state index is 12.5. The quantitative estimate of drug-likeness (QED) is 0.763. The largest absolute Gasteiger partial charge is 0.467 e. The minimum Gasteiger partial charge on any atom is -0.467 e. The minimum atomic E-state index is -0.885. The summed E-state index contributed by atoms with van der Waals surface area (Å²) in [6.07, 6.45) is -0.436. The summed E-state index contributed by atoms with van der Waals surface area (Å²) in [6, 6.07) is 7.53. The molecule has 0 unspecified atom stereocenters. The van der Waals surface area contributed by atoms with Gasteiger partial charge in [-0.05, 0) is 33.3 Å². The van der Waals surface area contributed by atoms with E-state index < -0.39 is 35.7 Å². The van der Waals surface area contributed by atoms with Crippen LogP contribution in [0.3, 0.4) is 0 Å². The Hall–Kier alpha value is -2.57. The molecule has 0 saturated heterocycles. The number of hydrogen-bond donors (Lipinski definition) is 2. The van der Waals surface area contributed by atoms with Gasteiger partial charge in [0.25, 0.3) is 0 Å².